The first-order valence-corrected chi connectivity index (χ1v) is 9.80. The predicted molar refractivity (Wildman–Crippen MR) is 111 cm³/mol. The van der Waals surface area contributed by atoms with E-state index in [0.29, 0.717) is 42.7 Å². The van der Waals surface area contributed by atoms with Crippen LogP contribution in [0.4, 0.5) is 23.7 Å². The van der Waals surface area contributed by atoms with Gasteiger partial charge in [-0.05, 0) is 30.9 Å². The van der Waals surface area contributed by atoms with E-state index in [1.54, 1.807) is 19.4 Å². The number of fused-ring (bicyclic) bond motifs is 1. The van der Waals surface area contributed by atoms with Gasteiger partial charge in [-0.15, -0.1) is 0 Å². The summed E-state index contributed by atoms with van der Waals surface area (Å²) in [5.41, 5.74) is 0.825. The Morgan fingerprint density at radius 1 is 1.34 bits per heavy atom. The summed E-state index contributed by atoms with van der Waals surface area (Å²) < 4.78 is 40.0. The zero-order valence-corrected chi connectivity index (χ0v) is 17.3. The van der Waals surface area contributed by atoms with Crippen molar-refractivity contribution < 1.29 is 18.0 Å². The highest BCUT2D eigenvalue weighted by molar-refractivity contribution is 5.89. The molecule has 168 valence electrons. The van der Waals surface area contributed by atoms with E-state index < -0.39 is 29.0 Å². The topological polar surface area (TPSA) is 109 Å². The molecule has 0 aliphatic heterocycles. The second-order valence-corrected chi connectivity index (χ2v) is 7.61. The third-order valence-electron chi connectivity index (χ3n) is 5.49. The van der Waals surface area contributed by atoms with Crippen molar-refractivity contribution >= 4 is 28.5 Å². The number of aromatic amines is 1. The molecule has 0 aromatic carbocycles. The van der Waals surface area contributed by atoms with E-state index in [1.165, 1.54) is 11.9 Å². The number of pyridine rings is 1. The number of anilines is 1. The van der Waals surface area contributed by atoms with Gasteiger partial charge in [-0.2, -0.15) is 18.3 Å². The number of rotatable bonds is 3. The van der Waals surface area contributed by atoms with Crippen molar-refractivity contribution in [2.75, 3.05) is 12.4 Å². The number of amides is 2. The summed E-state index contributed by atoms with van der Waals surface area (Å²) >= 11 is 0. The molecule has 1 aliphatic rings. The van der Waals surface area contributed by atoms with Gasteiger partial charge in [0.05, 0.1) is 23.7 Å². The SMILES string of the molecule is CN(C(=O)Nc1cc(C(F)(F)F)cn(C)c1=O)[C@@H]1CC=C(c2cnc3[nH]ncc3n2)CC1. The van der Waals surface area contributed by atoms with Gasteiger partial charge in [0, 0.05) is 26.3 Å². The number of allylic oxidation sites excluding steroid dienone is 1. The fourth-order valence-electron chi connectivity index (χ4n) is 3.62. The molecule has 0 saturated heterocycles. The third-order valence-corrected chi connectivity index (χ3v) is 5.49. The molecule has 3 aromatic rings. The van der Waals surface area contributed by atoms with Gasteiger partial charge in [-0.25, -0.2) is 14.8 Å². The summed E-state index contributed by atoms with van der Waals surface area (Å²) in [5.74, 6) is 0. The zero-order chi connectivity index (χ0) is 23.0. The predicted octanol–water partition coefficient (Wildman–Crippen LogP) is 3.17. The number of urea groups is 1. The van der Waals surface area contributed by atoms with E-state index in [-0.39, 0.29) is 6.04 Å². The molecular weight excluding hydrogens is 427 g/mol. The zero-order valence-electron chi connectivity index (χ0n) is 17.3. The molecule has 2 N–H and O–H groups in total. The summed E-state index contributed by atoms with van der Waals surface area (Å²) in [6.07, 6.45) is 3.08. The van der Waals surface area contributed by atoms with E-state index >= 15 is 0 Å². The van der Waals surface area contributed by atoms with Crippen LogP contribution in [0.1, 0.15) is 30.5 Å². The summed E-state index contributed by atoms with van der Waals surface area (Å²) in [5, 5.41) is 8.96. The fourth-order valence-corrected chi connectivity index (χ4v) is 3.62. The van der Waals surface area contributed by atoms with Gasteiger partial charge in [0.1, 0.15) is 11.2 Å². The molecule has 32 heavy (non-hydrogen) atoms. The average molecular weight is 447 g/mol. The van der Waals surface area contributed by atoms with Crippen LogP contribution in [-0.2, 0) is 13.2 Å². The number of carbonyl (C=O) groups is 1. The van der Waals surface area contributed by atoms with Crippen molar-refractivity contribution in [1.29, 1.82) is 0 Å². The highest BCUT2D eigenvalue weighted by Crippen LogP contribution is 2.30. The van der Waals surface area contributed by atoms with Crippen LogP contribution in [0, 0.1) is 0 Å². The number of hydrogen-bond acceptors (Lipinski definition) is 5. The van der Waals surface area contributed by atoms with E-state index in [9.17, 15) is 22.8 Å². The first-order chi connectivity index (χ1) is 15.1. The minimum Gasteiger partial charge on any atom is -0.324 e. The number of alkyl halides is 3. The molecule has 9 nitrogen and oxygen atoms in total. The number of nitrogens with zero attached hydrogens (tertiary/aromatic N) is 5. The van der Waals surface area contributed by atoms with Crippen molar-refractivity contribution in [1.82, 2.24) is 29.6 Å². The van der Waals surface area contributed by atoms with Crippen molar-refractivity contribution in [3.63, 3.8) is 0 Å². The molecule has 0 radical (unpaired) electrons. The Balaban J connectivity index is 1.46. The average Bonchev–Trinajstić information content (AvgIpc) is 3.23. The van der Waals surface area contributed by atoms with Gasteiger partial charge in [-0.3, -0.25) is 9.89 Å². The standard InChI is InChI=1S/C20H20F3N7O2/c1-29-10-12(20(21,22)23)7-14(18(29)31)27-19(32)30(2)13-5-3-11(4-6-13)15-8-24-17-16(26-15)9-25-28-17/h3,7-10,13H,4-6H2,1-2H3,(H,27,32)(H,24,25,28)/t13-/m1/s1. The molecule has 2 amide bonds. The maximum Gasteiger partial charge on any atom is 0.417 e. The molecule has 0 spiro atoms. The van der Waals surface area contributed by atoms with Gasteiger partial charge in [0.15, 0.2) is 5.65 Å². The van der Waals surface area contributed by atoms with Gasteiger partial charge in [0.2, 0.25) is 0 Å². The summed E-state index contributed by atoms with van der Waals surface area (Å²) in [6.45, 7) is 0. The van der Waals surface area contributed by atoms with Gasteiger partial charge >= 0.3 is 12.2 Å². The quantitative estimate of drug-likeness (QED) is 0.641. The lowest BCUT2D eigenvalue weighted by molar-refractivity contribution is -0.138. The van der Waals surface area contributed by atoms with E-state index in [2.05, 4.69) is 25.5 Å². The van der Waals surface area contributed by atoms with Gasteiger partial charge < -0.3 is 14.8 Å². The van der Waals surface area contributed by atoms with Crippen LogP contribution in [0.25, 0.3) is 16.7 Å². The lowest BCUT2D eigenvalue weighted by atomic mass is 9.93. The van der Waals surface area contributed by atoms with E-state index in [1.807, 2.05) is 6.08 Å². The number of halogens is 3. The second-order valence-electron chi connectivity index (χ2n) is 7.61. The minimum atomic E-state index is -4.64. The van der Waals surface area contributed by atoms with Crippen molar-refractivity contribution in [2.24, 2.45) is 7.05 Å². The number of aromatic nitrogens is 5. The molecule has 3 heterocycles. The second kappa shape index (κ2) is 8.09. The summed E-state index contributed by atoms with van der Waals surface area (Å²) in [7, 11) is 2.75. The van der Waals surface area contributed by atoms with E-state index in [4.69, 9.17) is 0 Å². The number of hydrogen-bond donors (Lipinski definition) is 2. The molecule has 0 bridgehead atoms. The first-order valence-electron chi connectivity index (χ1n) is 9.80. The van der Waals surface area contributed by atoms with Crippen LogP contribution in [0.15, 0.2) is 35.5 Å². The molecule has 0 saturated carbocycles. The van der Waals surface area contributed by atoms with Crippen LogP contribution in [0.5, 0.6) is 0 Å². The Bertz CT molecular complexity index is 1260. The van der Waals surface area contributed by atoms with Crippen LogP contribution < -0.4 is 10.9 Å². The molecule has 0 fully saturated rings. The number of carbonyl (C=O) groups excluding carboxylic acids is 1. The molecule has 0 unspecified atom stereocenters. The number of nitrogens with one attached hydrogen (secondary N) is 2. The lowest BCUT2D eigenvalue weighted by Gasteiger charge is -2.30. The Kier molecular flexibility index (Phi) is 5.45. The van der Waals surface area contributed by atoms with Gasteiger partial charge in [-0.1, -0.05) is 6.08 Å². The highest BCUT2D eigenvalue weighted by Gasteiger charge is 2.32. The molecule has 4 rings (SSSR count). The van der Waals surface area contributed by atoms with Crippen molar-refractivity contribution in [2.45, 2.75) is 31.5 Å². The van der Waals surface area contributed by atoms with E-state index in [0.717, 1.165) is 15.8 Å². The van der Waals surface area contributed by atoms with Crippen LogP contribution in [-0.4, -0.2) is 48.8 Å². The largest absolute Gasteiger partial charge is 0.417 e. The number of H-pyrrole nitrogens is 1. The Morgan fingerprint density at radius 2 is 2.12 bits per heavy atom. The maximum atomic E-state index is 13.1. The van der Waals surface area contributed by atoms with Crippen molar-refractivity contribution in [3.8, 4) is 0 Å². The fraction of sp³-hybridized carbons (Fsp3) is 0.350. The number of aryl methyl sites for hydroxylation is 1. The van der Waals surface area contributed by atoms with Crippen LogP contribution in [0.3, 0.4) is 0 Å². The van der Waals surface area contributed by atoms with Gasteiger partial charge in [0.25, 0.3) is 5.56 Å². The van der Waals surface area contributed by atoms with Crippen LogP contribution >= 0.6 is 0 Å². The Morgan fingerprint density at radius 3 is 2.81 bits per heavy atom. The minimum absolute atomic E-state index is 0.181. The summed E-state index contributed by atoms with van der Waals surface area (Å²) in [4.78, 5) is 35.0. The Hall–Kier alpha value is -3.70. The molecular formula is C20H20F3N7O2. The molecule has 1 aliphatic carbocycles. The molecule has 12 heteroatoms. The normalized spacial score (nSPS) is 16.7. The maximum absolute atomic E-state index is 13.1. The van der Waals surface area contributed by atoms with Crippen LogP contribution in [0.2, 0.25) is 0 Å². The molecule has 3 aromatic heterocycles. The first kappa shape index (κ1) is 21.5. The highest BCUT2D eigenvalue weighted by atomic mass is 19.4. The Labute approximate surface area is 180 Å². The lowest BCUT2D eigenvalue weighted by Crippen LogP contribution is -2.41. The smallest absolute Gasteiger partial charge is 0.324 e. The summed E-state index contributed by atoms with van der Waals surface area (Å²) in [6, 6.07) is -0.181. The third kappa shape index (κ3) is 4.20. The monoisotopic (exact) mass is 447 g/mol. The molecule has 1 atom stereocenters. The van der Waals surface area contributed by atoms with Crippen molar-refractivity contribution in [3.05, 3.63) is 52.3 Å².